The number of hydrogen-bond donors (Lipinski definition) is 3. The zero-order valence-corrected chi connectivity index (χ0v) is 11.4. The normalized spacial score (nSPS) is 12.7. The molecule has 0 saturated carbocycles. The van der Waals surface area contributed by atoms with Gasteiger partial charge in [-0.25, -0.2) is 0 Å². The summed E-state index contributed by atoms with van der Waals surface area (Å²) in [5.74, 6) is -1.75. The van der Waals surface area contributed by atoms with E-state index in [4.69, 9.17) is 5.11 Å². The molecule has 6 nitrogen and oxygen atoms in total. The standard InChI is InChI=1S/C12H22N2O4/c1-5-6-13-10(16)8(2)14-9(15)7-12(3,4)11(17)18/h8H,5-7H2,1-4H3,(H,13,16)(H,14,15)(H,17,18). The summed E-state index contributed by atoms with van der Waals surface area (Å²) in [7, 11) is 0. The van der Waals surface area contributed by atoms with Gasteiger partial charge in [0.15, 0.2) is 0 Å². The van der Waals surface area contributed by atoms with Crippen LogP contribution in [0.2, 0.25) is 0 Å². The summed E-state index contributed by atoms with van der Waals surface area (Å²) >= 11 is 0. The molecule has 2 amide bonds. The Bertz CT molecular complexity index is 326. The van der Waals surface area contributed by atoms with Gasteiger partial charge in [0.05, 0.1) is 5.41 Å². The van der Waals surface area contributed by atoms with Crippen LogP contribution in [-0.4, -0.2) is 35.5 Å². The lowest BCUT2D eigenvalue weighted by Crippen LogP contribution is -2.46. The molecule has 0 heterocycles. The van der Waals surface area contributed by atoms with Crippen LogP contribution in [0.3, 0.4) is 0 Å². The van der Waals surface area contributed by atoms with Crippen molar-refractivity contribution >= 4 is 17.8 Å². The molecule has 0 radical (unpaired) electrons. The molecule has 0 aromatic heterocycles. The fourth-order valence-electron chi connectivity index (χ4n) is 1.24. The van der Waals surface area contributed by atoms with Crippen LogP contribution in [0.1, 0.15) is 40.5 Å². The number of carboxylic acids is 1. The first kappa shape index (κ1) is 16.4. The van der Waals surface area contributed by atoms with Gasteiger partial charge in [-0.3, -0.25) is 14.4 Å². The predicted molar refractivity (Wildman–Crippen MR) is 66.9 cm³/mol. The van der Waals surface area contributed by atoms with E-state index in [9.17, 15) is 14.4 Å². The lowest BCUT2D eigenvalue weighted by Gasteiger charge is -2.20. The van der Waals surface area contributed by atoms with Crippen molar-refractivity contribution in [2.24, 2.45) is 5.41 Å². The molecule has 6 heteroatoms. The second-order valence-corrected chi connectivity index (χ2v) is 4.95. The van der Waals surface area contributed by atoms with Crippen LogP contribution in [0.4, 0.5) is 0 Å². The first-order valence-electron chi connectivity index (χ1n) is 6.01. The number of rotatable bonds is 7. The van der Waals surface area contributed by atoms with Crippen molar-refractivity contribution in [3.63, 3.8) is 0 Å². The van der Waals surface area contributed by atoms with Crippen molar-refractivity contribution < 1.29 is 19.5 Å². The van der Waals surface area contributed by atoms with Gasteiger partial charge in [-0.05, 0) is 27.2 Å². The van der Waals surface area contributed by atoms with Crippen LogP contribution in [0.25, 0.3) is 0 Å². The topological polar surface area (TPSA) is 95.5 Å². The Labute approximate surface area is 107 Å². The third kappa shape index (κ3) is 5.65. The summed E-state index contributed by atoms with van der Waals surface area (Å²) in [4.78, 5) is 34.0. The van der Waals surface area contributed by atoms with E-state index in [1.165, 1.54) is 13.8 Å². The summed E-state index contributed by atoms with van der Waals surface area (Å²) in [6, 6.07) is -0.659. The Morgan fingerprint density at radius 1 is 1.28 bits per heavy atom. The maximum Gasteiger partial charge on any atom is 0.309 e. The molecular weight excluding hydrogens is 236 g/mol. The molecule has 0 fully saturated rings. The number of hydrogen-bond acceptors (Lipinski definition) is 3. The monoisotopic (exact) mass is 258 g/mol. The maximum atomic E-state index is 11.6. The molecule has 1 unspecified atom stereocenters. The van der Waals surface area contributed by atoms with Crippen molar-refractivity contribution in [1.82, 2.24) is 10.6 Å². The molecule has 104 valence electrons. The van der Waals surface area contributed by atoms with Gasteiger partial charge in [0, 0.05) is 13.0 Å². The average molecular weight is 258 g/mol. The zero-order chi connectivity index (χ0) is 14.3. The maximum absolute atomic E-state index is 11.6. The smallest absolute Gasteiger partial charge is 0.309 e. The highest BCUT2D eigenvalue weighted by Crippen LogP contribution is 2.20. The molecule has 0 bridgehead atoms. The van der Waals surface area contributed by atoms with Crippen LogP contribution in [0.15, 0.2) is 0 Å². The second-order valence-electron chi connectivity index (χ2n) is 4.95. The number of carbonyl (C=O) groups is 3. The van der Waals surface area contributed by atoms with Crippen molar-refractivity contribution in [3.8, 4) is 0 Å². The zero-order valence-electron chi connectivity index (χ0n) is 11.4. The van der Waals surface area contributed by atoms with Gasteiger partial charge >= 0.3 is 5.97 Å². The largest absolute Gasteiger partial charge is 0.481 e. The van der Waals surface area contributed by atoms with Crippen LogP contribution in [0.5, 0.6) is 0 Å². The van der Waals surface area contributed by atoms with E-state index in [1.807, 2.05) is 6.92 Å². The minimum atomic E-state index is -1.14. The molecular formula is C12H22N2O4. The van der Waals surface area contributed by atoms with Crippen molar-refractivity contribution in [1.29, 1.82) is 0 Å². The lowest BCUT2D eigenvalue weighted by atomic mass is 9.89. The second kappa shape index (κ2) is 6.98. The Morgan fingerprint density at radius 3 is 2.28 bits per heavy atom. The van der Waals surface area contributed by atoms with Crippen LogP contribution < -0.4 is 10.6 Å². The number of carbonyl (C=O) groups excluding carboxylic acids is 2. The summed E-state index contributed by atoms with van der Waals surface area (Å²) in [6.07, 6.45) is 0.659. The van der Waals surface area contributed by atoms with E-state index in [1.54, 1.807) is 6.92 Å². The van der Waals surface area contributed by atoms with Gasteiger partial charge in [-0.1, -0.05) is 6.92 Å². The van der Waals surface area contributed by atoms with Crippen molar-refractivity contribution in [2.45, 2.75) is 46.6 Å². The number of aliphatic carboxylic acids is 1. The van der Waals surface area contributed by atoms with Gasteiger partial charge in [-0.2, -0.15) is 0 Å². The molecule has 18 heavy (non-hydrogen) atoms. The molecule has 0 aromatic rings. The molecule has 0 spiro atoms. The number of nitrogens with one attached hydrogen (secondary N) is 2. The van der Waals surface area contributed by atoms with Gasteiger partial charge in [0.1, 0.15) is 6.04 Å². The van der Waals surface area contributed by atoms with E-state index < -0.39 is 23.3 Å². The van der Waals surface area contributed by atoms with Gasteiger partial charge in [-0.15, -0.1) is 0 Å². The summed E-state index contributed by atoms with van der Waals surface area (Å²) in [6.45, 7) is 6.99. The third-order valence-corrected chi connectivity index (χ3v) is 2.50. The van der Waals surface area contributed by atoms with Gasteiger partial charge in [0.2, 0.25) is 11.8 Å². The molecule has 0 aliphatic carbocycles. The van der Waals surface area contributed by atoms with Crippen molar-refractivity contribution in [2.75, 3.05) is 6.54 Å². The Morgan fingerprint density at radius 2 is 1.83 bits per heavy atom. The minimum Gasteiger partial charge on any atom is -0.481 e. The fraction of sp³-hybridized carbons (Fsp3) is 0.750. The number of carboxylic acid groups (broad SMARTS) is 1. The first-order chi connectivity index (χ1) is 8.20. The number of amides is 2. The van der Waals surface area contributed by atoms with Crippen LogP contribution >= 0.6 is 0 Å². The minimum absolute atomic E-state index is 0.159. The summed E-state index contributed by atoms with van der Waals surface area (Å²) < 4.78 is 0. The van der Waals surface area contributed by atoms with Crippen molar-refractivity contribution in [3.05, 3.63) is 0 Å². The van der Waals surface area contributed by atoms with Gasteiger partial charge in [0.25, 0.3) is 0 Å². The summed E-state index contributed by atoms with van der Waals surface area (Å²) in [5, 5.41) is 14.0. The van der Waals surface area contributed by atoms with E-state index in [-0.39, 0.29) is 12.3 Å². The van der Waals surface area contributed by atoms with E-state index in [0.29, 0.717) is 6.54 Å². The average Bonchev–Trinajstić information content (AvgIpc) is 2.24. The predicted octanol–water partition coefficient (Wildman–Crippen LogP) is 0.518. The molecule has 0 aliphatic heterocycles. The molecule has 0 aromatic carbocycles. The third-order valence-electron chi connectivity index (χ3n) is 2.50. The quantitative estimate of drug-likeness (QED) is 0.620. The SMILES string of the molecule is CCCNC(=O)C(C)NC(=O)CC(C)(C)C(=O)O. The van der Waals surface area contributed by atoms with E-state index >= 15 is 0 Å². The lowest BCUT2D eigenvalue weighted by molar-refractivity contribution is -0.149. The summed E-state index contributed by atoms with van der Waals surface area (Å²) in [5.41, 5.74) is -1.14. The van der Waals surface area contributed by atoms with Crippen LogP contribution in [0, 0.1) is 5.41 Å². The fourth-order valence-corrected chi connectivity index (χ4v) is 1.24. The Hall–Kier alpha value is -1.59. The van der Waals surface area contributed by atoms with Crippen LogP contribution in [-0.2, 0) is 14.4 Å². The highest BCUT2D eigenvalue weighted by Gasteiger charge is 2.30. The molecule has 1 atom stereocenters. The highest BCUT2D eigenvalue weighted by molar-refractivity contribution is 5.89. The molecule has 3 N–H and O–H groups in total. The Kier molecular flexibility index (Phi) is 6.36. The molecule has 0 aliphatic rings. The first-order valence-corrected chi connectivity index (χ1v) is 6.01. The Balaban J connectivity index is 4.24. The van der Waals surface area contributed by atoms with Gasteiger partial charge < -0.3 is 15.7 Å². The highest BCUT2D eigenvalue weighted by atomic mass is 16.4. The molecule has 0 saturated heterocycles. The molecule has 0 rings (SSSR count). The van der Waals surface area contributed by atoms with E-state index in [0.717, 1.165) is 6.42 Å². The van der Waals surface area contributed by atoms with E-state index in [2.05, 4.69) is 10.6 Å².